The van der Waals surface area contributed by atoms with Crippen LogP contribution in [0.2, 0.25) is 0 Å². The molecule has 0 spiro atoms. The molecule has 0 aliphatic heterocycles. The number of thiazole rings is 1. The normalized spacial score (nSPS) is 12.7. The van der Waals surface area contributed by atoms with E-state index in [0.29, 0.717) is 6.04 Å². The zero-order valence-corrected chi connectivity index (χ0v) is 13.9. The van der Waals surface area contributed by atoms with Gasteiger partial charge in [-0.05, 0) is 36.9 Å². The van der Waals surface area contributed by atoms with Gasteiger partial charge in [-0.1, -0.05) is 19.4 Å². The van der Waals surface area contributed by atoms with Gasteiger partial charge in [-0.25, -0.2) is 4.98 Å². The van der Waals surface area contributed by atoms with Gasteiger partial charge in [-0.15, -0.1) is 22.7 Å². The average molecular weight is 317 g/mol. The van der Waals surface area contributed by atoms with Gasteiger partial charge in [-0.2, -0.15) is 0 Å². The van der Waals surface area contributed by atoms with Crippen LogP contribution < -0.4 is 11.1 Å². The molecular formula is C16H19N3S2. The van der Waals surface area contributed by atoms with Gasteiger partial charge in [0.2, 0.25) is 0 Å². The van der Waals surface area contributed by atoms with E-state index < -0.39 is 0 Å². The predicted octanol–water partition coefficient (Wildman–Crippen LogP) is 5.20. The third-order valence-electron chi connectivity index (χ3n) is 3.46. The number of aryl methyl sites for hydroxylation is 1. The Morgan fingerprint density at radius 2 is 2.24 bits per heavy atom. The van der Waals surface area contributed by atoms with Crippen molar-refractivity contribution in [3.05, 3.63) is 39.5 Å². The first kappa shape index (κ1) is 14.4. The topological polar surface area (TPSA) is 50.9 Å². The number of anilines is 2. The number of nitrogens with one attached hydrogen (secondary N) is 1. The molecule has 2 heterocycles. The molecule has 0 bridgehead atoms. The first-order valence-electron chi connectivity index (χ1n) is 7.14. The van der Waals surface area contributed by atoms with Crippen molar-refractivity contribution in [3.8, 4) is 0 Å². The molecule has 3 N–H and O–H groups in total. The van der Waals surface area contributed by atoms with Crippen LogP contribution in [0, 0.1) is 6.92 Å². The summed E-state index contributed by atoms with van der Waals surface area (Å²) in [6.07, 6.45) is 2.22. The standard InChI is InChI=1S/C16H19N3S2/c1-3-5-12(15-6-4-7-20-15)19-13-9-14-16(8-11(13)17)21-10(2)18-14/h4,6-9,12,19H,3,5,17H2,1-2H3. The Bertz CT molecular complexity index is 731. The number of benzene rings is 1. The number of nitrogen functional groups attached to an aromatic ring is 1. The van der Waals surface area contributed by atoms with E-state index >= 15 is 0 Å². The van der Waals surface area contributed by atoms with E-state index in [4.69, 9.17) is 5.73 Å². The second kappa shape index (κ2) is 6.03. The van der Waals surface area contributed by atoms with Crippen LogP contribution in [0.15, 0.2) is 29.6 Å². The van der Waals surface area contributed by atoms with Crippen molar-refractivity contribution in [1.29, 1.82) is 0 Å². The molecule has 0 saturated heterocycles. The van der Waals surface area contributed by atoms with E-state index in [0.717, 1.165) is 39.4 Å². The Morgan fingerprint density at radius 3 is 2.95 bits per heavy atom. The molecule has 0 amide bonds. The van der Waals surface area contributed by atoms with Crippen LogP contribution in [0.4, 0.5) is 11.4 Å². The zero-order chi connectivity index (χ0) is 14.8. The SMILES string of the molecule is CCCC(Nc1cc2nc(C)sc2cc1N)c1cccs1. The van der Waals surface area contributed by atoms with Crippen LogP contribution in [0.1, 0.15) is 35.7 Å². The molecule has 5 heteroatoms. The fourth-order valence-electron chi connectivity index (χ4n) is 2.48. The molecule has 0 radical (unpaired) electrons. The minimum absolute atomic E-state index is 0.314. The Morgan fingerprint density at radius 1 is 1.38 bits per heavy atom. The van der Waals surface area contributed by atoms with E-state index in [1.165, 1.54) is 4.88 Å². The smallest absolute Gasteiger partial charge is 0.0907 e. The quantitative estimate of drug-likeness (QED) is 0.636. The number of hydrogen-bond acceptors (Lipinski definition) is 5. The molecule has 3 nitrogen and oxygen atoms in total. The Labute approximate surface area is 132 Å². The fraction of sp³-hybridized carbons (Fsp3) is 0.312. The highest BCUT2D eigenvalue weighted by Gasteiger charge is 2.14. The number of aromatic nitrogens is 1. The maximum atomic E-state index is 6.21. The number of hydrogen-bond donors (Lipinski definition) is 2. The highest BCUT2D eigenvalue weighted by Crippen LogP contribution is 2.34. The lowest BCUT2D eigenvalue weighted by molar-refractivity contribution is 0.688. The van der Waals surface area contributed by atoms with Crippen molar-refractivity contribution >= 4 is 44.3 Å². The van der Waals surface area contributed by atoms with Gasteiger partial charge >= 0.3 is 0 Å². The lowest BCUT2D eigenvalue weighted by atomic mass is 10.1. The second-order valence-corrected chi connectivity index (χ2v) is 7.36. The average Bonchev–Trinajstić information content (AvgIpc) is 3.07. The van der Waals surface area contributed by atoms with E-state index in [1.54, 1.807) is 22.7 Å². The summed E-state index contributed by atoms with van der Waals surface area (Å²) in [6.45, 7) is 4.23. The first-order chi connectivity index (χ1) is 10.2. The largest absolute Gasteiger partial charge is 0.397 e. The first-order valence-corrected chi connectivity index (χ1v) is 8.83. The minimum atomic E-state index is 0.314. The maximum Gasteiger partial charge on any atom is 0.0907 e. The zero-order valence-electron chi connectivity index (χ0n) is 12.2. The molecule has 110 valence electrons. The van der Waals surface area contributed by atoms with Gasteiger partial charge in [0, 0.05) is 4.88 Å². The maximum absolute atomic E-state index is 6.21. The lowest BCUT2D eigenvalue weighted by Crippen LogP contribution is -2.10. The van der Waals surface area contributed by atoms with E-state index in [9.17, 15) is 0 Å². The number of fused-ring (bicyclic) bond motifs is 1. The van der Waals surface area contributed by atoms with Crippen molar-refractivity contribution in [2.45, 2.75) is 32.7 Å². The van der Waals surface area contributed by atoms with E-state index in [1.807, 2.05) is 13.0 Å². The molecule has 3 rings (SSSR count). The minimum Gasteiger partial charge on any atom is -0.397 e. The third kappa shape index (κ3) is 3.04. The number of thiophene rings is 1. The molecule has 21 heavy (non-hydrogen) atoms. The summed E-state index contributed by atoms with van der Waals surface area (Å²) < 4.78 is 1.15. The molecule has 1 aromatic carbocycles. The van der Waals surface area contributed by atoms with Crippen LogP contribution >= 0.6 is 22.7 Å². The van der Waals surface area contributed by atoms with Gasteiger partial charge in [0.05, 0.1) is 32.6 Å². The van der Waals surface area contributed by atoms with Gasteiger partial charge in [0.25, 0.3) is 0 Å². The number of nitrogens with zero attached hydrogens (tertiary/aromatic N) is 1. The van der Waals surface area contributed by atoms with Crippen molar-refractivity contribution < 1.29 is 0 Å². The van der Waals surface area contributed by atoms with Crippen LogP contribution in [0.3, 0.4) is 0 Å². The van der Waals surface area contributed by atoms with Crippen molar-refractivity contribution in [3.63, 3.8) is 0 Å². The van der Waals surface area contributed by atoms with E-state index in [-0.39, 0.29) is 0 Å². The molecule has 3 aromatic rings. The van der Waals surface area contributed by atoms with Gasteiger partial charge in [0.15, 0.2) is 0 Å². The molecule has 1 atom stereocenters. The molecule has 0 aliphatic carbocycles. The Kier molecular flexibility index (Phi) is 4.12. The van der Waals surface area contributed by atoms with Crippen molar-refractivity contribution in [2.24, 2.45) is 0 Å². The lowest BCUT2D eigenvalue weighted by Gasteiger charge is -2.19. The summed E-state index contributed by atoms with van der Waals surface area (Å²) >= 11 is 3.47. The number of rotatable bonds is 5. The summed E-state index contributed by atoms with van der Waals surface area (Å²) in [6, 6.07) is 8.69. The molecule has 1 unspecified atom stereocenters. The van der Waals surface area contributed by atoms with Crippen LogP contribution in [0.25, 0.3) is 10.2 Å². The van der Waals surface area contributed by atoms with Crippen molar-refractivity contribution in [1.82, 2.24) is 4.98 Å². The Hall–Kier alpha value is -1.59. The van der Waals surface area contributed by atoms with Crippen LogP contribution in [0.5, 0.6) is 0 Å². The number of nitrogens with two attached hydrogens (primary N) is 1. The fourth-order valence-corrected chi connectivity index (χ4v) is 4.15. The Balaban J connectivity index is 1.93. The van der Waals surface area contributed by atoms with E-state index in [2.05, 4.69) is 40.8 Å². The summed E-state index contributed by atoms with van der Waals surface area (Å²) in [5, 5.41) is 6.80. The van der Waals surface area contributed by atoms with Crippen LogP contribution in [-0.2, 0) is 0 Å². The van der Waals surface area contributed by atoms with Gasteiger partial charge in [-0.3, -0.25) is 0 Å². The van der Waals surface area contributed by atoms with Gasteiger partial charge < -0.3 is 11.1 Å². The summed E-state index contributed by atoms with van der Waals surface area (Å²) in [4.78, 5) is 5.91. The summed E-state index contributed by atoms with van der Waals surface area (Å²) in [5.74, 6) is 0. The molecule has 2 aromatic heterocycles. The molecular weight excluding hydrogens is 298 g/mol. The second-order valence-electron chi connectivity index (χ2n) is 5.14. The molecule has 0 saturated carbocycles. The summed E-state index contributed by atoms with van der Waals surface area (Å²) in [7, 11) is 0. The van der Waals surface area contributed by atoms with Crippen LogP contribution in [-0.4, -0.2) is 4.98 Å². The highest BCUT2D eigenvalue weighted by molar-refractivity contribution is 7.18. The third-order valence-corrected chi connectivity index (χ3v) is 5.38. The predicted molar refractivity (Wildman–Crippen MR) is 94.4 cm³/mol. The van der Waals surface area contributed by atoms with Gasteiger partial charge in [0.1, 0.15) is 0 Å². The highest BCUT2D eigenvalue weighted by atomic mass is 32.1. The summed E-state index contributed by atoms with van der Waals surface area (Å²) in [5.41, 5.74) is 9.02. The monoisotopic (exact) mass is 317 g/mol. The molecule has 0 fully saturated rings. The van der Waals surface area contributed by atoms with Crippen molar-refractivity contribution in [2.75, 3.05) is 11.1 Å². The molecule has 0 aliphatic rings.